The SMILES string of the molecule is CCOC(=O)CSC1=C(C#N)[C@H](c2ccc(C)cc2)[C@H](C(=O)OC)C(=O)N1. The van der Waals surface area contributed by atoms with Crippen molar-refractivity contribution in [2.75, 3.05) is 19.5 Å². The number of benzene rings is 1. The minimum atomic E-state index is -1.18. The van der Waals surface area contributed by atoms with Crippen LogP contribution in [0.25, 0.3) is 0 Å². The molecule has 1 aromatic rings. The van der Waals surface area contributed by atoms with Crippen molar-refractivity contribution in [3.8, 4) is 6.07 Å². The summed E-state index contributed by atoms with van der Waals surface area (Å²) >= 11 is 1.00. The van der Waals surface area contributed by atoms with Crippen LogP contribution in [-0.2, 0) is 23.9 Å². The molecular weight excluding hydrogens is 368 g/mol. The minimum Gasteiger partial charge on any atom is -0.468 e. The molecule has 0 spiro atoms. The van der Waals surface area contributed by atoms with Gasteiger partial charge in [-0.15, -0.1) is 0 Å². The number of ether oxygens (including phenoxy) is 2. The van der Waals surface area contributed by atoms with E-state index in [1.165, 1.54) is 7.11 Å². The van der Waals surface area contributed by atoms with Gasteiger partial charge in [0, 0.05) is 5.92 Å². The molecule has 0 radical (unpaired) electrons. The summed E-state index contributed by atoms with van der Waals surface area (Å²) in [5, 5.41) is 12.5. The van der Waals surface area contributed by atoms with Gasteiger partial charge in [0.25, 0.3) is 0 Å². The second-order valence-corrected chi connectivity index (χ2v) is 6.81. The van der Waals surface area contributed by atoms with Crippen molar-refractivity contribution in [2.24, 2.45) is 5.92 Å². The molecule has 2 rings (SSSR count). The summed E-state index contributed by atoms with van der Waals surface area (Å²) in [5.74, 6) is -3.78. The van der Waals surface area contributed by atoms with Crippen LogP contribution in [-0.4, -0.2) is 37.3 Å². The lowest BCUT2D eigenvalue weighted by Crippen LogP contribution is -2.44. The molecule has 27 heavy (non-hydrogen) atoms. The molecular formula is C19H20N2O5S. The highest BCUT2D eigenvalue weighted by Crippen LogP contribution is 2.40. The van der Waals surface area contributed by atoms with Crippen molar-refractivity contribution in [1.82, 2.24) is 5.32 Å². The predicted octanol–water partition coefficient (Wildman–Crippen LogP) is 2.03. The van der Waals surface area contributed by atoms with E-state index in [0.29, 0.717) is 5.56 Å². The summed E-state index contributed by atoms with van der Waals surface area (Å²) in [4.78, 5) is 36.5. The Balaban J connectivity index is 2.48. The number of aryl methyl sites for hydroxylation is 1. The molecule has 0 saturated carbocycles. The van der Waals surface area contributed by atoms with Gasteiger partial charge in [-0.25, -0.2) is 0 Å². The molecule has 0 aliphatic carbocycles. The van der Waals surface area contributed by atoms with Crippen LogP contribution in [0.4, 0.5) is 0 Å². The normalized spacial score (nSPS) is 19.1. The molecule has 142 valence electrons. The van der Waals surface area contributed by atoms with E-state index >= 15 is 0 Å². The number of nitriles is 1. The number of allylic oxidation sites excluding steroid dienone is 1. The number of carbonyl (C=O) groups is 3. The average molecular weight is 388 g/mol. The van der Waals surface area contributed by atoms with Crippen molar-refractivity contribution >= 4 is 29.6 Å². The second-order valence-electron chi connectivity index (χ2n) is 5.83. The topological polar surface area (TPSA) is 105 Å². The maximum absolute atomic E-state index is 12.6. The van der Waals surface area contributed by atoms with Gasteiger partial charge in [0.1, 0.15) is 5.92 Å². The molecule has 0 unspecified atom stereocenters. The first-order valence-corrected chi connectivity index (χ1v) is 9.29. The molecule has 1 aliphatic rings. The molecule has 8 heteroatoms. The van der Waals surface area contributed by atoms with Gasteiger partial charge in [-0.2, -0.15) is 5.26 Å². The Bertz CT molecular complexity index is 810. The van der Waals surface area contributed by atoms with Gasteiger partial charge in [-0.3, -0.25) is 14.4 Å². The Morgan fingerprint density at radius 3 is 2.52 bits per heavy atom. The fourth-order valence-electron chi connectivity index (χ4n) is 2.79. The van der Waals surface area contributed by atoms with Crippen molar-refractivity contribution in [3.63, 3.8) is 0 Å². The number of thioether (sulfide) groups is 1. The Morgan fingerprint density at radius 2 is 1.96 bits per heavy atom. The third kappa shape index (κ3) is 4.68. The van der Waals surface area contributed by atoms with Crippen molar-refractivity contribution in [1.29, 1.82) is 5.26 Å². The first-order valence-electron chi connectivity index (χ1n) is 8.30. The fraction of sp³-hybridized carbons (Fsp3) is 0.368. The monoisotopic (exact) mass is 388 g/mol. The van der Waals surface area contributed by atoms with Crippen LogP contribution >= 0.6 is 11.8 Å². The Hall–Kier alpha value is -2.79. The zero-order valence-electron chi connectivity index (χ0n) is 15.3. The summed E-state index contributed by atoms with van der Waals surface area (Å²) in [5.41, 5.74) is 1.87. The van der Waals surface area contributed by atoms with E-state index in [2.05, 4.69) is 11.4 Å². The molecule has 0 fully saturated rings. The first kappa shape index (κ1) is 20.5. The van der Waals surface area contributed by atoms with Gasteiger partial charge in [0.05, 0.1) is 36.1 Å². The maximum Gasteiger partial charge on any atom is 0.319 e. The van der Waals surface area contributed by atoms with Crippen molar-refractivity contribution in [2.45, 2.75) is 19.8 Å². The lowest BCUT2D eigenvalue weighted by molar-refractivity contribution is -0.150. The second kappa shape index (κ2) is 9.24. The van der Waals surface area contributed by atoms with E-state index < -0.39 is 29.7 Å². The molecule has 1 amide bonds. The van der Waals surface area contributed by atoms with E-state index in [4.69, 9.17) is 9.47 Å². The zero-order valence-corrected chi connectivity index (χ0v) is 16.1. The fourth-order valence-corrected chi connectivity index (χ4v) is 3.63. The van der Waals surface area contributed by atoms with Crippen molar-refractivity contribution < 1.29 is 23.9 Å². The maximum atomic E-state index is 12.6. The van der Waals surface area contributed by atoms with Crippen LogP contribution in [0.1, 0.15) is 24.0 Å². The number of esters is 2. The number of hydrogen-bond acceptors (Lipinski definition) is 7. The predicted molar refractivity (Wildman–Crippen MR) is 99.3 cm³/mol. The minimum absolute atomic E-state index is 0.0574. The lowest BCUT2D eigenvalue weighted by Gasteiger charge is -2.30. The largest absolute Gasteiger partial charge is 0.468 e. The zero-order chi connectivity index (χ0) is 20.0. The summed E-state index contributed by atoms with van der Waals surface area (Å²) in [6, 6.07) is 9.33. The molecule has 2 atom stereocenters. The van der Waals surface area contributed by atoms with Gasteiger partial charge < -0.3 is 14.8 Å². The summed E-state index contributed by atoms with van der Waals surface area (Å²) in [6.45, 7) is 3.85. The Labute approximate surface area is 161 Å². The molecule has 1 aliphatic heterocycles. The number of nitrogens with zero attached hydrogens (tertiary/aromatic N) is 1. The average Bonchev–Trinajstić information content (AvgIpc) is 2.66. The lowest BCUT2D eigenvalue weighted by atomic mass is 9.78. The molecule has 1 aromatic carbocycles. The number of nitrogens with one attached hydrogen (secondary N) is 1. The highest BCUT2D eigenvalue weighted by Gasteiger charge is 2.44. The smallest absolute Gasteiger partial charge is 0.319 e. The van der Waals surface area contributed by atoms with E-state index in [1.807, 2.05) is 19.1 Å². The van der Waals surface area contributed by atoms with E-state index in [1.54, 1.807) is 19.1 Å². The van der Waals surface area contributed by atoms with Gasteiger partial charge >= 0.3 is 11.9 Å². The highest BCUT2D eigenvalue weighted by molar-refractivity contribution is 8.03. The van der Waals surface area contributed by atoms with E-state index in [0.717, 1.165) is 17.3 Å². The van der Waals surface area contributed by atoms with Gasteiger partial charge in [0.15, 0.2) is 0 Å². The third-order valence-electron chi connectivity index (χ3n) is 4.06. The molecule has 0 aromatic heterocycles. The number of hydrogen-bond donors (Lipinski definition) is 1. The summed E-state index contributed by atoms with van der Waals surface area (Å²) in [7, 11) is 1.20. The molecule has 1 N–H and O–H groups in total. The first-order chi connectivity index (χ1) is 12.9. The molecule has 0 saturated heterocycles. The number of carbonyl (C=O) groups excluding carboxylic acids is 3. The van der Waals surface area contributed by atoms with Crippen LogP contribution in [0.15, 0.2) is 34.9 Å². The number of rotatable bonds is 6. The quantitative estimate of drug-likeness (QED) is 0.587. The summed E-state index contributed by atoms with van der Waals surface area (Å²) in [6.07, 6.45) is 0. The molecule has 0 bridgehead atoms. The highest BCUT2D eigenvalue weighted by atomic mass is 32.2. The van der Waals surface area contributed by atoms with E-state index in [-0.39, 0.29) is 23.0 Å². The van der Waals surface area contributed by atoms with Crippen LogP contribution in [0.5, 0.6) is 0 Å². The van der Waals surface area contributed by atoms with Crippen LogP contribution in [0.2, 0.25) is 0 Å². The van der Waals surface area contributed by atoms with Crippen molar-refractivity contribution in [3.05, 3.63) is 46.0 Å². The van der Waals surface area contributed by atoms with Crippen LogP contribution in [0, 0.1) is 24.2 Å². The third-order valence-corrected chi connectivity index (χ3v) is 5.05. The van der Waals surface area contributed by atoms with Crippen LogP contribution in [0.3, 0.4) is 0 Å². The standard InChI is InChI=1S/C19H20N2O5S/c1-4-26-14(22)10-27-18-13(9-20)15(12-7-5-11(2)6-8-12)16(17(23)21-18)19(24)25-3/h5-8,15-16H,4,10H2,1-3H3,(H,21,23)/t15-,16-/m0/s1. The van der Waals surface area contributed by atoms with Crippen LogP contribution < -0.4 is 5.32 Å². The van der Waals surface area contributed by atoms with Gasteiger partial charge in [0.2, 0.25) is 5.91 Å². The molecule has 7 nitrogen and oxygen atoms in total. The Kier molecular flexibility index (Phi) is 7.02. The summed E-state index contributed by atoms with van der Waals surface area (Å²) < 4.78 is 9.66. The number of methoxy groups -OCH3 is 1. The van der Waals surface area contributed by atoms with E-state index in [9.17, 15) is 19.6 Å². The van der Waals surface area contributed by atoms with Gasteiger partial charge in [-0.05, 0) is 19.4 Å². The molecule has 1 heterocycles. The Morgan fingerprint density at radius 1 is 1.30 bits per heavy atom. The number of amides is 1. The van der Waals surface area contributed by atoms with Gasteiger partial charge in [-0.1, -0.05) is 41.6 Å².